The van der Waals surface area contributed by atoms with Gasteiger partial charge in [0.05, 0.1) is 0 Å². The molecule has 1 amide bonds. The first-order valence-electron chi connectivity index (χ1n) is 6.64. The molecule has 1 aromatic carbocycles. The number of carbonyl (C=O) groups excluding carboxylic acids is 1. The van der Waals surface area contributed by atoms with Crippen molar-refractivity contribution in [1.29, 1.82) is 0 Å². The second-order valence-corrected chi connectivity index (χ2v) is 5.31. The van der Waals surface area contributed by atoms with Gasteiger partial charge in [0.25, 0.3) is 0 Å². The number of hydrogen-bond acceptors (Lipinski definition) is 2. The summed E-state index contributed by atoms with van der Waals surface area (Å²) in [4.78, 5) is 16.1. The van der Waals surface area contributed by atoms with Crippen molar-refractivity contribution in [3.8, 4) is 0 Å². The van der Waals surface area contributed by atoms with E-state index in [1.165, 1.54) is 5.56 Å². The van der Waals surface area contributed by atoms with Gasteiger partial charge in [0.1, 0.15) is 0 Å². The normalized spacial score (nSPS) is 19.8. The van der Waals surface area contributed by atoms with E-state index in [2.05, 4.69) is 43.3 Å². The van der Waals surface area contributed by atoms with Gasteiger partial charge in [0, 0.05) is 25.4 Å². The van der Waals surface area contributed by atoms with Crippen LogP contribution in [-0.4, -0.2) is 49.4 Å². The topological polar surface area (TPSA) is 23.6 Å². The molecule has 2 rings (SSSR count). The first kappa shape index (κ1) is 13.1. The summed E-state index contributed by atoms with van der Waals surface area (Å²) in [5.41, 5.74) is 1.29. The van der Waals surface area contributed by atoms with Crippen molar-refractivity contribution in [2.24, 2.45) is 0 Å². The Morgan fingerprint density at radius 3 is 2.67 bits per heavy atom. The Morgan fingerprint density at radius 1 is 1.28 bits per heavy atom. The Labute approximate surface area is 109 Å². The smallest absolute Gasteiger partial charge is 0.223 e. The molecule has 1 aliphatic rings. The Bertz CT molecular complexity index is 389. The number of amides is 1. The van der Waals surface area contributed by atoms with Crippen LogP contribution in [0, 0.1) is 0 Å². The fourth-order valence-corrected chi connectivity index (χ4v) is 2.51. The maximum Gasteiger partial charge on any atom is 0.223 e. The molecule has 3 nitrogen and oxygen atoms in total. The molecule has 3 heteroatoms. The van der Waals surface area contributed by atoms with Gasteiger partial charge in [0.2, 0.25) is 5.91 Å². The maximum atomic E-state index is 11.9. The standard InChI is InChI=1S/C15H22N2O/c1-16(2)9-6-10-17-12-14(11-15(17)18)13-7-4-3-5-8-13/h3-5,7-8,14H,6,9-12H2,1-2H3. The highest BCUT2D eigenvalue weighted by atomic mass is 16.2. The lowest BCUT2D eigenvalue weighted by molar-refractivity contribution is -0.127. The second kappa shape index (κ2) is 6.01. The Kier molecular flexibility index (Phi) is 4.37. The minimum Gasteiger partial charge on any atom is -0.342 e. The van der Waals surface area contributed by atoms with Crippen LogP contribution in [0.4, 0.5) is 0 Å². The van der Waals surface area contributed by atoms with Gasteiger partial charge in [0.15, 0.2) is 0 Å². The van der Waals surface area contributed by atoms with Crippen molar-refractivity contribution in [3.05, 3.63) is 35.9 Å². The summed E-state index contributed by atoms with van der Waals surface area (Å²) < 4.78 is 0. The van der Waals surface area contributed by atoms with E-state index in [-0.39, 0.29) is 0 Å². The zero-order valence-electron chi connectivity index (χ0n) is 11.3. The molecule has 98 valence electrons. The second-order valence-electron chi connectivity index (χ2n) is 5.31. The third-order valence-corrected chi connectivity index (χ3v) is 3.52. The lowest BCUT2D eigenvalue weighted by Crippen LogP contribution is -2.28. The number of carbonyl (C=O) groups is 1. The summed E-state index contributed by atoms with van der Waals surface area (Å²) in [5, 5.41) is 0. The highest BCUT2D eigenvalue weighted by Gasteiger charge is 2.29. The van der Waals surface area contributed by atoms with Gasteiger partial charge >= 0.3 is 0 Å². The number of benzene rings is 1. The van der Waals surface area contributed by atoms with Crippen molar-refractivity contribution >= 4 is 5.91 Å². The minimum absolute atomic E-state index is 0.308. The van der Waals surface area contributed by atoms with Gasteiger partial charge in [-0.25, -0.2) is 0 Å². The fraction of sp³-hybridized carbons (Fsp3) is 0.533. The van der Waals surface area contributed by atoms with Gasteiger partial charge in [-0.2, -0.15) is 0 Å². The van der Waals surface area contributed by atoms with Crippen molar-refractivity contribution in [1.82, 2.24) is 9.80 Å². The van der Waals surface area contributed by atoms with Crippen LogP contribution >= 0.6 is 0 Å². The number of nitrogens with zero attached hydrogens (tertiary/aromatic N) is 2. The third-order valence-electron chi connectivity index (χ3n) is 3.52. The summed E-state index contributed by atoms with van der Waals surface area (Å²) in [5.74, 6) is 0.695. The van der Waals surface area contributed by atoms with Crippen LogP contribution in [-0.2, 0) is 4.79 Å². The van der Waals surface area contributed by atoms with Crippen LogP contribution in [0.1, 0.15) is 24.3 Å². The molecule has 1 saturated heterocycles. The van der Waals surface area contributed by atoms with Gasteiger partial charge in [-0.15, -0.1) is 0 Å². The number of rotatable bonds is 5. The molecule has 0 spiro atoms. The quantitative estimate of drug-likeness (QED) is 0.793. The van der Waals surface area contributed by atoms with E-state index < -0.39 is 0 Å². The first-order chi connectivity index (χ1) is 8.66. The molecule has 0 saturated carbocycles. The highest BCUT2D eigenvalue weighted by Crippen LogP contribution is 2.27. The Morgan fingerprint density at radius 2 is 2.00 bits per heavy atom. The van der Waals surface area contributed by atoms with Crippen LogP contribution in [0.3, 0.4) is 0 Å². The zero-order chi connectivity index (χ0) is 13.0. The molecule has 1 fully saturated rings. The SMILES string of the molecule is CN(C)CCCN1CC(c2ccccc2)CC1=O. The monoisotopic (exact) mass is 246 g/mol. The summed E-state index contributed by atoms with van der Waals surface area (Å²) in [6.07, 6.45) is 1.73. The zero-order valence-corrected chi connectivity index (χ0v) is 11.3. The average molecular weight is 246 g/mol. The molecule has 0 radical (unpaired) electrons. The Balaban J connectivity index is 1.87. The van der Waals surface area contributed by atoms with Crippen LogP contribution < -0.4 is 0 Å². The predicted octanol–water partition coefficient (Wildman–Crippen LogP) is 1.95. The molecule has 1 heterocycles. The molecule has 0 bridgehead atoms. The van der Waals surface area contributed by atoms with Crippen molar-refractivity contribution in [2.75, 3.05) is 33.7 Å². The lowest BCUT2D eigenvalue weighted by atomic mass is 9.99. The minimum atomic E-state index is 0.308. The molecule has 1 aliphatic heterocycles. The van der Waals surface area contributed by atoms with Crippen LogP contribution in [0.25, 0.3) is 0 Å². The molecule has 18 heavy (non-hydrogen) atoms. The first-order valence-corrected chi connectivity index (χ1v) is 6.64. The number of likely N-dealkylation sites (tertiary alicyclic amines) is 1. The van der Waals surface area contributed by atoms with Gasteiger partial charge in [-0.1, -0.05) is 30.3 Å². The van der Waals surface area contributed by atoms with Gasteiger partial charge in [-0.3, -0.25) is 4.79 Å². The molecule has 1 atom stereocenters. The van der Waals surface area contributed by atoms with E-state index in [4.69, 9.17) is 0 Å². The van der Waals surface area contributed by atoms with Gasteiger partial charge in [-0.05, 0) is 32.6 Å². The molecule has 0 aliphatic carbocycles. The summed E-state index contributed by atoms with van der Waals surface area (Å²) in [6, 6.07) is 10.4. The van der Waals surface area contributed by atoms with E-state index in [0.29, 0.717) is 18.2 Å². The summed E-state index contributed by atoms with van der Waals surface area (Å²) >= 11 is 0. The summed E-state index contributed by atoms with van der Waals surface area (Å²) in [7, 11) is 4.14. The van der Waals surface area contributed by atoms with Crippen LogP contribution in [0.2, 0.25) is 0 Å². The molecule has 0 aromatic heterocycles. The van der Waals surface area contributed by atoms with E-state index in [1.807, 2.05) is 11.0 Å². The molecule has 1 aromatic rings. The van der Waals surface area contributed by atoms with Crippen molar-refractivity contribution in [3.63, 3.8) is 0 Å². The largest absolute Gasteiger partial charge is 0.342 e. The van der Waals surface area contributed by atoms with E-state index in [1.54, 1.807) is 0 Å². The maximum absolute atomic E-state index is 11.9. The Hall–Kier alpha value is -1.35. The van der Waals surface area contributed by atoms with Crippen molar-refractivity contribution in [2.45, 2.75) is 18.8 Å². The highest BCUT2D eigenvalue weighted by molar-refractivity contribution is 5.79. The van der Waals surface area contributed by atoms with Crippen LogP contribution in [0.5, 0.6) is 0 Å². The number of hydrogen-bond donors (Lipinski definition) is 0. The van der Waals surface area contributed by atoms with Crippen molar-refractivity contribution < 1.29 is 4.79 Å². The van der Waals surface area contributed by atoms with Crippen LogP contribution in [0.15, 0.2) is 30.3 Å². The average Bonchev–Trinajstić information content (AvgIpc) is 2.72. The van der Waals surface area contributed by atoms with E-state index in [0.717, 1.165) is 26.1 Å². The van der Waals surface area contributed by atoms with E-state index >= 15 is 0 Å². The molecule has 0 N–H and O–H groups in total. The third kappa shape index (κ3) is 3.33. The lowest BCUT2D eigenvalue weighted by Gasteiger charge is -2.18. The van der Waals surface area contributed by atoms with Gasteiger partial charge < -0.3 is 9.80 Å². The predicted molar refractivity (Wildman–Crippen MR) is 73.6 cm³/mol. The fourth-order valence-electron chi connectivity index (χ4n) is 2.51. The molecule has 1 unspecified atom stereocenters. The molecular weight excluding hydrogens is 224 g/mol. The van der Waals surface area contributed by atoms with E-state index in [9.17, 15) is 4.79 Å². The summed E-state index contributed by atoms with van der Waals surface area (Å²) in [6.45, 7) is 2.82. The molecular formula is C15H22N2O.